The van der Waals surface area contributed by atoms with Crippen molar-refractivity contribution in [3.8, 4) is 0 Å². The van der Waals surface area contributed by atoms with Gasteiger partial charge in [0.1, 0.15) is 0 Å². The van der Waals surface area contributed by atoms with Crippen molar-refractivity contribution in [2.75, 3.05) is 54.0 Å². The molecule has 0 aliphatic carbocycles. The molecule has 1 aromatic rings. The van der Waals surface area contributed by atoms with Crippen LogP contribution in [0.15, 0.2) is 34.2 Å². The van der Waals surface area contributed by atoms with Crippen LogP contribution in [0.1, 0.15) is 19.3 Å². The number of nitrogens with zero attached hydrogens (tertiary/aromatic N) is 3. The highest BCUT2D eigenvalue weighted by Crippen LogP contribution is 1.92. The Morgan fingerprint density at radius 2 is 2.00 bits per heavy atom. The van der Waals surface area contributed by atoms with Crippen molar-refractivity contribution in [1.82, 2.24) is 20.1 Å². The summed E-state index contributed by atoms with van der Waals surface area (Å²) in [6.45, 7) is 5.23. The highest BCUT2D eigenvalue weighted by molar-refractivity contribution is 5.79. The summed E-state index contributed by atoms with van der Waals surface area (Å²) >= 11 is 0. The average Bonchev–Trinajstić information content (AvgIpc) is 2.61. The fourth-order valence-corrected chi connectivity index (χ4v) is 2.44. The summed E-state index contributed by atoms with van der Waals surface area (Å²) in [4.78, 5) is 18.1. The zero-order valence-corrected chi connectivity index (χ0v) is 15.8. The van der Waals surface area contributed by atoms with E-state index in [1.807, 2.05) is 12.3 Å². The maximum atomic E-state index is 11.6. The van der Waals surface area contributed by atoms with E-state index in [1.54, 1.807) is 30.9 Å². The van der Waals surface area contributed by atoms with Crippen molar-refractivity contribution in [3.63, 3.8) is 0 Å². The van der Waals surface area contributed by atoms with E-state index < -0.39 is 0 Å². The predicted molar refractivity (Wildman–Crippen MR) is 103 cm³/mol. The first-order valence-corrected chi connectivity index (χ1v) is 8.95. The van der Waals surface area contributed by atoms with Gasteiger partial charge in [-0.1, -0.05) is 6.07 Å². The Morgan fingerprint density at radius 3 is 2.72 bits per heavy atom. The molecule has 0 aromatic carbocycles. The zero-order valence-electron chi connectivity index (χ0n) is 15.8. The van der Waals surface area contributed by atoms with E-state index in [0.29, 0.717) is 0 Å². The number of unbranched alkanes of at least 4 members (excludes halogenated alkanes) is 1. The van der Waals surface area contributed by atoms with Crippen molar-refractivity contribution in [1.29, 1.82) is 0 Å². The molecule has 25 heavy (non-hydrogen) atoms. The molecule has 142 valence electrons. The third-order valence-corrected chi connectivity index (χ3v) is 3.92. The summed E-state index contributed by atoms with van der Waals surface area (Å²) in [6, 6.07) is 5.25. The number of aryl methyl sites for hydroxylation is 1. The molecular weight excluding hydrogens is 318 g/mol. The first-order valence-electron chi connectivity index (χ1n) is 8.95. The fourth-order valence-electron chi connectivity index (χ4n) is 2.44. The number of pyridine rings is 1. The minimum atomic E-state index is 0.0579. The van der Waals surface area contributed by atoms with Crippen molar-refractivity contribution < 1.29 is 4.74 Å². The Bertz CT molecular complexity index is 544. The standard InChI is InChI=1S/C18H33N5O2/c1-19-18(21-11-15-22(2)12-8-16-25-3)20-10-5-7-14-23-13-6-4-9-17(23)24/h4,6,9,13H,5,7-8,10-12,14-16H2,1-3H3,(H2,19,20,21). The summed E-state index contributed by atoms with van der Waals surface area (Å²) in [6.07, 6.45) is 4.82. The molecule has 1 rings (SSSR count). The average molecular weight is 351 g/mol. The molecule has 7 heteroatoms. The number of methoxy groups -OCH3 is 1. The number of aromatic nitrogens is 1. The lowest BCUT2D eigenvalue weighted by Gasteiger charge is -2.18. The quantitative estimate of drug-likeness (QED) is 0.331. The summed E-state index contributed by atoms with van der Waals surface area (Å²) < 4.78 is 6.80. The highest BCUT2D eigenvalue weighted by Gasteiger charge is 2.00. The Kier molecular flexibility index (Phi) is 11.4. The van der Waals surface area contributed by atoms with E-state index in [2.05, 4.69) is 27.6 Å². The molecular formula is C18H33N5O2. The second-order valence-corrected chi connectivity index (χ2v) is 6.01. The number of rotatable bonds is 12. The first kappa shape index (κ1) is 21.2. The molecule has 0 amide bonds. The van der Waals surface area contributed by atoms with Gasteiger partial charge in [0, 0.05) is 65.8 Å². The van der Waals surface area contributed by atoms with E-state index >= 15 is 0 Å². The summed E-state index contributed by atoms with van der Waals surface area (Å²) in [7, 11) is 5.62. The highest BCUT2D eigenvalue weighted by atomic mass is 16.5. The summed E-state index contributed by atoms with van der Waals surface area (Å²) in [5.74, 6) is 0.821. The molecule has 0 atom stereocenters. The second kappa shape index (κ2) is 13.4. The van der Waals surface area contributed by atoms with E-state index in [1.165, 1.54) is 0 Å². The molecule has 0 aliphatic rings. The molecule has 1 aromatic heterocycles. The topological polar surface area (TPSA) is 70.9 Å². The van der Waals surface area contributed by atoms with Gasteiger partial charge in [0.05, 0.1) is 0 Å². The Labute approximate surface area is 151 Å². The van der Waals surface area contributed by atoms with Gasteiger partial charge in [0.25, 0.3) is 0 Å². The Balaban J connectivity index is 2.10. The lowest BCUT2D eigenvalue weighted by atomic mass is 10.3. The minimum Gasteiger partial charge on any atom is -0.385 e. The number of hydrogen-bond acceptors (Lipinski definition) is 4. The van der Waals surface area contributed by atoms with Crippen LogP contribution in [0, 0.1) is 0 Å². The lowest BCUT2D eigenvalue weighted by molar-refractivity contribution is 0.180. The Hall–Kier alpha value is -1.86. The second-order valence-electron chi connectivity index (χ2n) is 6.01. The van der Waals surface area contributed by atoms with Crippen molar-refractivity contribution in [2.45, 2.75) is 25.8 Å². The van der Waals surface area contributed by atoms with E-state index in [0.717, 1.165) is 64.6 Å². The monoisotopic (exact) mass is 351 g/mol. The number of nitrogens with one attached hydrogen (secondary N) is 2. The van der Waals surface area contributed by atoms with Crippen LogP contribution in [0.2, 0.25) is 0 Å². The lowest BCUT2D eigenvalue weighted by Crippen LogP contribution is -2.41. The van der Waals surface area contributed by atoms with Crippen molar-refractivity contribution in [3.05, 3.63) is 34.7 Å². The minimum absolute atomic E-state index is 0.0579. The molecule has 0 unspecified atom stereocenters. The van der Waals surface area contributed by atoms with E-state index in [9.17, 15) is 4.79 Å². The van der Waals surface area contributed by atoms with Crippen LogP contribution >= 0.6 is 0 Å². The molecule has 0 saturated carbocycles. The number of likely N-dealkylation sites (N-methyl/N-ethyl adjacent to an activating group) is 1. The van der Waals surface area contributed by atoms with E-state index in [-0.39, 0.29) is 5.56 Å². The van der Waals surface area contributed by atoms with Crippen LogP contribution in [0.4, 0.5) is 0 Å². The summed E-state index contributed by atoms with van der Waals surface area (Å²) in [5.41, 5.74) is 0.0579. The maximum absolute atomic E-state index is 11.6. The van der Waals surface area contributed by atoms with Crippen LogP contribution in [0.5, 0.6) is 0 Å². The number of aliphatic imine (C=N–C) groups is 1. The zero-order chi connectivity index (χ0) is 18.3. The molecule has 7 nitrogen and oxygen atoms in total. The predicted octanol–water partition coefficient (Wildman–Crippen LogP) is 0.762. The van der Waals surface area contributed by atoms with Gasteiger partial charge in [0.15, 0.2) is 5.96 Å². The van der Waals surface area contributed by atoms with Crippen LogP contribution in [0.3, 0.4) is 0 Å². The smallest absolute Gasteiger partial charge is 0.250 e. The number of guanidine groups is 1. The molecule has 0 saturated heterocycles. The summed E-state index contributed by atoms with van der Waals surface area (Å²) in [5, 5.41) is 6.63. The Morgan fingerprint density at radius 1 is 1.20 bits per heavy atom. The third kappa shape index (κ3) is 9.89. The molecule has 0 radical (unpaired) electrons. The number of ether oxygens (including phenoxy) is 1. The van der Waals surface area contributed by atoms with Crippen LogP contribution in [-0.2, 0) is 11.3 Å². The van der Waals surface area contributed by atoms with Crippen LogP contribution < -0.4 is 16.2 Å². The number of hydrogen-bond donors (Lipinski definition) is 2. The molecule has 0 aliphatic heterocycles. The fraction of sp³-hybridized carbons (Fsp3) is 0.667. The first-order chi connectivity index (χ1) is 12.2. The van der Waals surface area contributed by atoms with Gasteiger partial charge in [-0.25, -0.2) is 0 Å². The molecule has 1 heterocycles. The molecule has 0 bridgehead atoms. The molecule has 2 N–H and O–H groups in total. The SMILES string of the molecule is CN=C(NCCCCn1ccccc1=O)NCCN(C)CCCOC. The van der Waals surface area contributed by atoms with E-state index in [4.69, 9.17) is 4.74 Å². The van der Waals surface area contributed by atoms with Gasteiger partial charge in [0.2, 0.25) is 5.56 Å². The maximum Gasteiger partial charge on any atom is 0.250 e. The normalized spacial score (nSPS) is 11.8. The van der Waals surface area contributed by atoms with Gasteiger partial charge >= 0.3 is 0 Å². The van der Waals surface area contributed by atoms with Gasteiger partial charge in [-0.05, 0) is 32.4 Å². The van der Waals surface area contributed by atoms with Gasteiger partial charge in [-0.3, -0.25) is 9.79 Å². The van der Waals surface area contributed by atoms with Gasteiger partial charge in [-0.15, -0.1) is 0 Å². The van der Waals surface area contributed by atoms with Crippen LogP contribution in [0.25, 0.3) is 0 Å². The van der Waals surface area contributed by atoms with Crippen molar-refractivity contribution >= 4 is 5.96 Å². The van der Waals surface area contributed by atoms with Gasteiger partial charge < -0.3 is 24.8 Å². The molecule has 0 fully saturated rings. The van der Waals surface area contributed by atoms with Crippen LogP contribution in [-0.4, -0.2) is 69.4 Å². The third-order valence-electron chi connectivity index (χ3n) is 3.92. The largest absolute Gasteiger partial charge is 0.385 e. The van der Waals surface area contributed by atoms with Crippen molar-refractivity contribution in [2.24, 2.45) is 4.99 Å². The van der Waals surface area contributed by atoms with Gasteiger partial charge in [-0.2, -0.15) is 0 Å². The molecule has 0 spiro atoms.